The molecule has 10 nitrogen and oxygen atoms in total. The van der Waals surface area contributed by atoms with Gasteiger partial charge in [0.2, 0.25) is 5.95 Å². The van der Waals surface area contributed by atoms with Gasteiger partial charge in [0.1, 0.15) is 11.3 Å². The molecule has 180 valence electrons. The highest BCUT2D eigenvalue weighted by molar-refractivity contribution is 5.79. The molecule has 0 aromatic carbocycles. The van der Waals surface area contributed by atoms with Crippen molar-refractivity contribution in [2.24, 2.45) is 5.92 Å². The van der Waals surface area contributed by atoms with Gasteiger partial charge in [0.15, 0.2) is 11.9 Å². The second kappa shape index (κ2) is 11.0. The van der Waals surface area contributed by atoms with Crippen LogP contribution < -0.4 is 20.9 Å². The highest BCUT2D eigenvalue weighted by Crippen LogP contribution is 2.27. The van der Waals surface area contributed by atoms with Crippen molar-refractivity contribution in [2.75, 3.05) is 23.8 Å². The predicted octanol–water partition coefficient (Wildman–Crippen LogP) is 3.13. The SMILES string of the molecule is CCOC(=O)C(C)Oc1cnc(NCC2CCC(Nc3ccc4cc[nH]c(=O)c4n3)CC2)nc1. The monoisotopic (exact) mass is 466 g/mol. The number of rotatable bonds is 9. The second-order valence-electron chi connectivity index (χ2n) is 8.44. The standard InChI is InChI=1S/C24H30N6O4/c1-3-33-23(32)15(2)34-19-13-27-24(28-14-19)26-12-16-4-7-18(8-5-16)29-20-9-6-17-10-11-25-22(31)21(17)30-20/h6,9-11,13-16,18H,3-5,7-8,12H2,1-2H3,(H,25,31)(H,29,30)(H,26,27,28). The van der Waals surface area contributed by atoms with Crippen molar-refractivity contribution in [3.05, 3.63) is 47.1 Å². The summed E-state index contributed by atoms with van der Waals surface area (Å²) in [5.74, 6) is 1.79. The van der Waals surface area contributed by atoms with Crippen LogP contribution in [0.25, 0.3) is 10.9 Å². The van der Waals surface area contributed by atoms with E-state index in [1.165, 1.54) is 0 Å². The van der Waals surface area contributed by atoms with E-state index in [2.05, 4.69) is 30.6 Å². The van der Waals surface area contributed by atoms with Crippen LogP contribution in [0.15, 0.2) is 41.6 Å². The third-order valence-corrected chi connectivity index (χ3v) is 5.93. The average molecular weight is 467 g/mol. The van der Waals surface area contributed by atoms with Crippen LogP contribution in [0.3, 0.4) is 0 Å². The number of hydrogen-bond acceptors (Lipinski definition) is 9. The second-order valence-corrected chi connectivity index (χ2v) is 8.44. The van der Waals surface area contributed by atoms with Gasteiger partial charge in [-0.15, -0.1) is 0 Å². The average Bonchev–Trinajstić information content (AvgIpc) is 2.85. The Hall–Kier alpha value is -3.69. The first-order valence-corrected chi connectivity index (χ1v) is 11.7. The summed E-state index contributed by atoms with van der Waals surface area (Å²) in [5, 5.41) is 7.60. The fourth-order valence-corrected chi connectivity index (χ4v) is 4.08. The zero-order chi connectivity index (χ0) is 23.9. The van der Waals surface area contributed by atoms with Crippen LogP contribution in [0.2, 0.25) is 0 Å². The van der Waals surface area contributed by atoms with E-state index < -0.39 is 12.1 Å². The van der Waals surface area contributed by atoms with Gasteiger partial charge in [-0.2, -0.15) is 0 Å². The van der Waals surface area contributed by atoms with Gasteiger partial charge in [-0.25, -0.2) is 19.7 Å². The van der Waals surface area contributed by atoms with Gasteiger partial charge in [0, 0.05) is 24.2 Å². The molecule has 34 heavy (non-hydrogen) atoms. The molecule has 0 amide bonds. The number of pyridine rings is 2. The van der Waals surface area contributed by atoms with Crippen molar-refractivity contribution >= 4 is 28.6 Å². The number of fused-ring (bicyclic) bond motifs is 1. The Morgan fingerprint density at radius 2 is 1.94 bits per heavy atom. The van der Waals surface area contributed by atoms with E-state index >= 15 is 0 Å². The Morgan fingerprint density at radius 3 is 2.68 bits per heavy atom. The van der Waals surface area contributed by atoms with Gasteiger partial charge in [0.05, 0.1) is 19.0 Å². The molecule has 1 aliphatic carbocycles. The molecule has 4 rings (SSSR count). The molecule has 0 aliphatic heterocycles. The number of esters is 1. The zero-order valence-corrected chi connectivity index (χ0v) is 19.4. The van der Waals surface area contributed by atoms with Gasteiger partial charge < -0.3 is 25.1 Å². The Morgan fingerprint density at radius 1 is 1.18 bits per heavy atom. The van der Waals surface area contributed by atoms with Crippen LogP contribution in [0.1, 0.15) is 39.5 Å². The smallest absolute Gasteiger partial charge is 0.347 e. The van der Waals surface area contributed by atoms with Crippen molar-refractivity contribution < 1.29 is 14.3 Å². The number of ether oxygens (including phenoxy) is 2. The Bertz CT molecular complexity index is 1160. The number of carbonyl (C=O) groups is 1. The van der Waals surface area contributed by atoms with Crippen molar-refractivity contribution in [3.8, 4) is 5.75 Å². The normalized spacial score (nSPS) is 18.8. The molecule has 10 heteroatoms. The van der Waals surface area contributed by atoms with Gasteiger partial charge >= 0.3 is 5.97 Å². The number of aromatic nitrogens is 4. The number of carbonyl (C=O) groups excluding carboxylic acids is 1. The first-order valence-electron chi connectivity index (χ1n) is 11.7. The van der Waals surface area contributed by atoms with E-state index in [4.69, 9.17) is 9.47 Å². The summed E-state index contributed by atoms with van der Waals surface area (Å²) in [7, 11) is 0. The maximum Gasteiger partial charge on any atom is 0.347 e. The molecular weight excluding hydrogens is 436 g/mol. The summed E-state index contributed by atoms with van der Waals surface area (Å²) in [5.41, 5.74) is 0.281. The molecule has 3 aromatic rings. The lowest BCUT2D eigenvalue weighted by Gasteiger charge is -2.29. The third-order valence-electron chi connectivity index (χ3n) is 5.93. The van der Waals surface area contributed by atoms with Crippen molar-refractivity contribution in [2.45, 2.75) is 51.7 Å². The van der Waals surface area contributed by atoms with E-state index in [9.17, 15) is 9.59 Å². The number of aromatic amines is 1. The van der Waals surface area contributed by atoms with Gasteiger partial charge in [-0.1, -0.05) is 0 Å². The number of nitrogens with zero attached hydrogens (tertiary/aromatic N) is 3. The summed E-state index contributed by atoms with van der Waals surface area (Å²) >= 11 is 0. The van der Waals surface area contributed by atoms with Crippen LogP contribution in [0.5, 0.6) is 5.75 Å². The van der Waals surface area contributed by atoms with Crippen LogP contribution in [-0.2, 0) is 9.53 Å². The predicted molar refractivity (Wildman–Crippen MR) is 129 cm³/mol. The molecule has 1 aliphatic rings. The Balaban J connectivity index is 1.21. The fraction of sp³-hybridized carbons (Fsp3) is 0.458. The number of anilines is 2. The van der Waals surface area contributed by atoms with Crippen LogP contribution >= 0.6 is 0 Å². The molecule has 3 aromatic heterocycles. The maximum atomic E-state index is 12.0. The first kappa shape index (κ1) is 23.5. The minimum absolute atomic E-state index is 0.175. The van der Waals surface area contributed by atoms with Crippen molar-refractivity contribution in [1.29, 1.82) is 0 Å². The summed E-state index contributed by atoms with van der Waals surface area (Å²) in [6, 6.07) is 6.02. The summed E-state index contributed by atoms with van der Waals surface area (Å²) in [6.07, 6.45) is 8.20. The molecule has 0 saturated heterocycles. The first-order chi connectivity index (χ1) is 16.5. The molecule has 0 bridgehead atoms. The molecule has 1 fully saturated rings. The molecule has 0 radical (unpaired) electrons. The zero-order valence-electron chi connectivity index (χ0n) is 19.4. The van der Waals surface area contributed by atoms with Crippen molar-refractivity contribution in [1.82, 2.24) is 19.9 Å². The maximum absolute atomic E-state index is 12.0. The van der Waals surface area contributed by atoms with E-state index in [1.54, 1.807) is 32.4 Å². The highest BCUT2D eigenvalue weighted by Gasteiger charge is 2.22. The molecule has 1 atom stereocenters. The van der Waals surface area contributed by atoms with Gasteiger partial charge in [0.25, 0.3) is 5.56 Å². The topological polar surface area (TPSA) is 131 Å². The lowest BCUT2D eigenvalue weighted by Crippen LogP contribution is -2.29. The number of hydrogen-bond donors (Lipinski definition) is 3. The van der Waals surface area contributed by atoms with E-state index in [0.717, 1.165) is 43.4 Å². The molecule has 1 unspecified atom stereocenters. The van der Waals surface area contributed by atoms with E-state index in [0.29, 0.717) is 35.8 Å². The van der Waals surface area contributed by atoms with Gasteiger partial charge in [-0.05, 0) is 63.6 Å². The minimum Gasteiger partial charge on any atom is -0.476 e. The number of nitrogens with one attached hydrogen (secondary N) is 3. The quantitative estimate of drug-likeness (QED) is 0.407. The van der Waals surface area contributed by atoms with Crippen LogP contribution in [-0.4, -0.2) is 51.2 Å². The Labute approximate surface area is 197 Å². The van der Waals surface area contributed by atoms with Gasteiger partial charge in [-0.3, -0.25) is 4.79 Å². The third kappa shape index (κ3) is 6.00. The minimum atomic E-state index is -0.711. The van der Waals surface area contributed by atoms with E-state index in [1.807, 2.05) is 18.2 Å². The molecular formula is C24H30N6O4. The van der Waals surface area contributed by atoms with Crippen molar-refractivity contribution in [3.63, 3.8) is 0 Å². The summed E-state index contributed by atoms with van der Waals surface area (Å²) in [4.78, 5) is 39.4. The largest absolute Gasteiger partial charge is 0.476 e. The Kier molecular flexibility index (Phi) is 7.56. The molecule has 0 spiro atoms. The number of H-pyrrole nitrogens is 1. The summed E-state index contributed by atoms with van der Waals surface area (Å²) < 4.78 is 10.4. The van der Waals surface area contributed by atoms with Crippen LogP contribution in [0, 0.1) is 5.92 Å². The molecule has 3 N–H and O–H groups in total. The molecule has 1 saturated carbocycles. The summed E-state index contributed by atoms with van der Waals surface area (Å²) in [6.45, 7) is 4.48. The fourth-order valence-electron chi connectivity index (χ4n) is 4.08. The highest BCUT2D eigenvalue weighted by atomic mass is 16.6. The lowest BCUT2D eigenvalue weighted by atomic mass is 9.86. The van der Waals surface area contributed by atoms with E-state index in [-0.39, 0.29) is 5.56 Å². The van der Waals surface area contributed by atoms with Crippen LogP contribution in [0.4, 0.5) is 11.8 Å². The molecule has 3 heterocycles. The lowest BCUT2D eigenvalue weighted by molar-refractivity contribution is -0.150.